The summed E-state index contributed by atoms with van der Waals surface area (Å²) >= 11 is 0. The van der Waals surface area contributed by atoms with E-state index in [4.69, 9.17) is 0 Å². The molecule has 0 saturated carbocycles. The topological polar surface area (TPSA) is 69.2 Å². The fourth-order valence-corrected chi connectivity index (χ4v) is 1.29. The van der Waals surface area contributed by atoms with Gasteiger partial charge in [-0.2, -0.15) is 8.42 Å². The van der Waals surface area contributed by atoms with Crippen LogP contribution in [0, 0.1) is 0 Å². The van der Waals surface area contributed by atoms with Gasteiger partial charge < -0.3 is 0 Å². The zero-order chi connectivity index (χ0) is 9.03. The first-order valence-corrected chi connectivity index (χ1v) is 4.75. The van der Waals surface area contributed by atoms with Crippen LogP contribution in [0.4, 0.5) is 0 Å². The Labute approximate surface area is 70.5 Å². The van der Waals surface area contributed by atoms with Crippen LogP contribution in [-0.2, 0) is 20.1 Å². The molecule has 1 heterocycles. The molecule has 0 fully saturated rings. The van der Waals surface area contributed by atoms with Gasteiger partial charge in [0, 0.05) is 6.20 Å². The summed E-state index contributed by atoms with van der Waals surface area (Å²) in [5.41, 5.74) is 0.423. The monoisotopic (exact) mass is 188 g/mol. The van der Waals surface area contributed by atoms with Crippen LogP contribution in [-0.4, -0.2) is 25.5 Å². The van der Waals surface area contributed by atoms with Crippen molar-refractivity contribution in [2.75, 3.05) is 7.11 Å². The van der Waals surface area contributed by atoms with Crippen LogP contribution < -0.4 is 0 Å². The lowest BCUT2D eigenvalue weighted by atomic mass is 10.5. The molecule has 0 amide bonds. The summed E-state index contributed by atoms with van der Waals surface area (Å²) in [5.74, 6) is -0.216. The minimum absolute atomic E-state index is 0.216. The molecular formula is C6H8N2O3S. The van der Waals surface area contributed by atoms with Crippen molar-refractivity contribution in [1.29, 1.82) is 0 Å². The van der Waals surface area contributed by atoms with E-state index in [1.807, 2.05) is 0 Å². The van der Waals surface area contributed by atoms with Gasteiger partial charge >= 0.3 is 0 Å². The first kappa shape index (κ1) is 9.08. The first-order chi connectivity index (χ1) is 5.64. The van der Waals surface area contributed by atoms with Gasteiger partial charge in [-0.1, -0.05) is 0 Å². The highest BCUT2D eigenvalue weighted by Crippen LogP contribution is 2.01. The highest BCUT2D eigenvalue weighted by molar-refractivity contribution is 7.85. The second-order valence-corrected chi connectivity index (χ2v) is 3.81. The summed E-state index contributed by atoms with van der Waals surface area (Å²) in [6, 6.07) is 1.52. The molecule has 0 spiro atoms. The van der Waals surface area contributed by atoms with Gasteiger partial charge in [0.1, 0.15) is 12.1 Å². The van der Waals surface area contributed by atoms with Crippen molar-refractivity contribution in [3.8, 4) is 0 Å². The molecule has 0 atom stereocenters. The van der Waals surface area contributed by atoms with Crippen molar-refractivity contribution in [2.24, 2.45) is 0 Å². The minimum atomic E-state index is -3.46. The maximum Gasteiger partial charge on any atom is 0.272 e. The molecule has 0 aliphatic carbocycles. The molecule has 1 aromatic heterocycles. The molecule has 5 nitrogen and oxygen atoms in total. The Bertz CT molecular complexity index is 335. The maximum absolute atomic E-state index is 10.9. The van der Waals surface area contributed by atoms with Crippen molar-refractivity contribution in [1.82, 2.24) is 9.97 Å². The average Bonchev–Trinajstić information content (AvgIpc) is 2.06. The molecule has 1 rings (SSSR count). The summed E-state index contributed by atoms with van der Waals surface area (Å²) < 4.78 is 26.0. The van der Waals surface area contributed by atoms with Crippen molar-refractivity contribution < 1.29 is 12.6 Å². The Balaban J connectivity index is 2.78. The normalized spacial score (nSPS) is 11.4. The molecule has 0 aromatic carbocycles. The lowest BCUT2D eigenvalue weighted by molar-refractivity contribution is 0.396. The van der Waals surface area contributed by atoms with Gasteiger partial charge in [-0.25, -0.2) is 9.97 Å². The smallest absolute Gasteiger partial charge is 0.272 e. The number of hydrogen-bond donors (Lipinski definition) is 0. The van der Waals surface area contributed by atoms with E-state index in [2.05, 4.69) is 14.2 Å². The van der Waals surface area contributed by atoms with Crippen molar-refractivity contribution in [3.05, 3.63) is 24.3 Å². The Morgan fingerprint density at radius 3 is 2.83 bits per heavy atom. The van der Waals surface area contributed by atoms with E-state index < -0.39 is 10.1 Å². The standard InChI is InChI=1S/C6H8N2O3S/c1-11-12(9,10)4-6-2-3-7-5-8-6/h2-3,5H,4H2,1H3. The molecule has 0 N–H and O–H groups in total. The Kier molecular flexibility index (Phi) is 2.72. The second-order valence-electron chi connectivity index (χ2n) is 2.07. The van der Waals surface area contributed by atoms with Gasteiger partial charge in [-0.05, 0) is 6.07 Å². The third kappa shape index (κ3) is 2.55. The molecule has 12 heavy (non-hydrogen) atoms. The third-order valence-corrected chi connectivity index (χ3v) is 2.38. The fourth-order valence-electron chi connectivity index (χ4n) is 0.644. The quantitative estimate of drug-likeness (QED) is 0.622. The van der Waals surface area contributed by atoms with Crippen molar-refractivity contribution >= 4 is 10.1 Å². The largest absolute Gasteiger partial charge is 0.273 e. The summed E-state index contributed by atoms with van der Waals surface area (Å²) in [5, 5.41) is 0. The van der Waals surface area contributed by atoms with Crippen LogP contribution in [0.1, 0.15) is 5.69 Å². The highest BCUT2D eigenvalue weighted by atomic mass is 32.2. The van der Waals surface area contributed by atoms with Gasteiger partial charge in [-0.3, -0.25) is 4.18 Å². The highest BCUT2D eigenvalue weighted by Gasteiger charge is 2.09. The van der Waals surface area contributed by atoms with Gasteiger partial charge in [0.05, 0.1) is 12.8 Å². The number of hydrogen-bond acceptors (Lipinski definition) is 5. The van der Waals surface area contributed by atoms with E-state index in [9.17, 15) is 8.42 Å². The molecule has 0 saturated heterocycles. The van der Waals surface area contributed by atoms with Crippen molar-refractivity contribution in [2.45, 2.75) is 5.75 Å². The predicted molar refractivity (Wildman–Crippen MR) is 41.7 cm³/mol. The maximum atomic E-state index is 10.9. The summed E-state index contributed by atoms with van der Waals surface area (Å²) in [7, 11) is -2.34. The van der Waals surface area contributed by atoms with E-state index in [0.29, 0.717) is 5.69 Å². The van der Waals surface area contributed by atoms with Crippen LogP contribution in [0.3, 0.4) is 0 Å². The molecule has 0 bridgehead atoms. The molecule has 0 aliphatic rings. The molecule has 0 unspecified atom stereocenters. The summed E-state index contributed by atoms with van der Waals surface area (Å²) in [4.78, 5) is 7.40. The zero-order valence-corrected chi connectivity index (χ0v) is 7.28. The Hall–Kier alpha value is -1.01. The molecule has 1 aromatic rings. The SMILES string of the molecule is COS(=O)(=O)Cc1ccncn1. The predicted octanol–water partition coefficient (Wildman–Crippen LogP) is -0.0472. The lowest BCUT2D eigenvalue weighted by Crippen LogP contribution is -2.06. The van der Waals surface area contributed by atoms with Crippen LogP contribution in [0.25, 0.3) is 0 Å². The number of aromatic nitrogens is 2. The minimum Gasteiger partial charge on any atom is -0.273 e. The van der Waals surface area contributed by atoms with Crippen LogP contribution >= 0.6 is 0 Å². The van der Waals surface area contributed by atoms with Crippen LogP contribution in [0.15, 0.2) is 18.6 Å². The molecule has 0 radical (unpaired) electrons. The van der Waals surface area contributed by atoms with Gasteiger partial charge in [-0.15, -0.1) is 0 Å². The summed E-state index contributed by atoms with van der Waals surface area (Å²) in [6.45, 7) is 0. The molecule has 66 valence electrons. The lowest BCUT2D eigenvalue weighted by Gasteiger charge is -1.98. The van der Waals surface area contributed by atoms with Crippen LogP contribution in [0.5, 0.6) is 0 Å². The van der Waals surface area contributed by atoms with E-state index >= 15 is 0 Å². The van der Waals surface area contributed by atoms with Crippen molar-refractivity contribution in [3.63, 3.8) is 0 Å². The van der Waals surface area contributed by atoms with Crippen LogP contribution in [0.2, 0.25) is 0 Å². The average molecular weight is 188 g/mol. The molecule has 6 heteroatoms. The Morgan fingerprint density at radius 2 is 2.33 bits per heavy atom. The first-order valence-electron chi connectivity index (χ1n) is 3.17. The molecule has 0 aliphatic heterocycles. The zero-order valence-electron chi connectivity index (χ0n) is 6.47. The molecular weight excluding hydrogens is 180 g/mol. The van der Waals surface area contributed by atoms with Gasteiger partial charge in [0.2, 0.25) is 0 Å². The van der Waals surface area contributed by atoms with E-state index in [1.54, 1.807) is 0 Å². The van der Waals surface area contributed by atoms with Gasteiger partial charge in [0.25, 0.3) is 10.1 Å². The number of rotatable bonds is 3. The number of nitrogens with zero attached hydrogens (tertiary/aromatic N) is 2. The van der Waals surface area contributed by atoms with E-state index in [0.717, 1.165) is 7.11 Å². The fraction of sp³-hybridized carbons (Fsp3) is 0.333. The van der Waals surface area contributed by atoms with Gasteiger partial charge in [0.15, 0.2) is 0 Å². The Morgan fingerprint density at radius 1 is 1.58 bits per heavy atom. The second kappa shape index (κ2) is 3.59. The van der Waals surface area contributed by atoms with E-state index in [1.165, 1.54) is 18.6 Å². The summed E-state index contributed by atoms with van der Waals surface area (Å²) in [6.07, 6.45) is 2.77. The third-order valence-electron chi connectivity index (χ3n) is 1.22. The van der Waals surface area contributed by atoms with E-state index in [-0.39, 0.29) is 5.75 Å².